The fraction of sp³-hybridized carbons (Fsp3) is 1.00. The van der Waals surface area contributed by atoms with Crippen LogP contribution in [0.4, 0.5) is 0 Å². The van der Waals surface area contributed by atoms with E-state index in [1.807, 2.05) is 0 Å². The minimum atomic E-state index is 0.906. The number of rotatable bonds is 1. The Morgan fingerprint density at radius 3 is 2.44 bits per heavy atom. The first-order chi connectivity index (χ1) is 4.40. The van der Waals surface area contributed by atoms with Gasteiger partial charge in [-0.1, -0.05) is 6.42 Å². The van der Waals surface area contributed by atoms with Gasteiger partial charge in [-0.05, 0) is 43.6 Å². The van der Waals surface area contributed by atoms with Crippen LogP contribution in [-0.2, 0) is 0 Å². The van der Waals surface area contributed by atoms with E-state index in [1.54, 1.807) is 0 Å². The van der Waals surface area contributed by atoms with E-state index in [2.05, 4.69) is 0 Å². The Balaban J connectivity index is 2.01. The average Bonchev–Trinajstić information content (AvgIpc) is 2.45. The van der Waals surface area contributed by atoms with Crippen molar-refractivity contribution in [3.8, 4) is 0 Å². The molecule has 1 heteroatoms. The maximum absolute atomic E-state index is 5.62. The summed E-state index contributed by atoms with van der Waals surface area (Å²) in [6.07, 6.45) is 5.93. The second-order valence-corrected chi connectivity index (χ2v) is 3.67. The zero-order valence-electron chi connectivity index (χ0n) is 5.84. The molecule has 0 spiro atoms. The van der Waals surface area contributed by atoms with Gasteiger partial charge in [-0.3, -0.25) is 0 Å². The van der Waals surface area contributed by atoms with E-state index in [9.17, 15) is 0 Å². The fourth-order valence-electron chi connectivity index (χ4n) is 2.67. The van der Waals surface area contributed by atoms with E-state index in [0.29, 0.717) is 0 Å². The normalized spacial score (nSPS) is 48.3. The van der Waals surface area contributed by atoms with Crippen molar-refractivity contribution >= 4 is 0 Å². The van der Waals surface area contributed by atoms with Gasteiger partial charge in [0.05, 0.1) is 0 Å². The SMILES string of the molecule is NC[C@H]1CC2CCC1C2. The Kier molecular flexibility index (Phi) is 1.26. The second kappa shape index (κ2) is 1.98. The van der Waals surface area contributed by atoms with Gasteiger partial charge in [0.2, 0.25) is 0 Å². The van der Waals surface area contributed by atoms with Gasteiger partial charge in [0.1, 0.15) is 0 Å². The smallest absolute Gasteiger partial charge is 0.00461 e. The third kappa shape index (κ3) is 0.787. The molecule has 2 rings (SSSR count). The highest BCUT2D eigenvalue weighted by atomic mass is 14.6. The molecule has 2 unspecified atom stereocenters. The van der Waals surface area contributed by atoms with Crippen LogP contribution in [0, 0.1) is 17.8 Å². The van der Waals surface area contributed by atoms with Crippen molar-refractivity contribution in [2.75, 3.05) is 6.54 Å². The molecule has 0 aromatic rings. The molecule has 0 amide bonds. The van der Waals surface area contributed by atoms with Crippen LogP contribution >= 0.6 is 0 Å². The quantitative estimate of drug-likeness (QED) is 0.563. The Morgan fingerprint density at radius 1 is 1.22 bits per heavy atom. The summed E-state index contributed by atoms with van der Waals surface area (Å²) < 4.78 is 0. The van der Waals surface area contributed by atoms with Crippen molar-refractivity contribution < 1.29 is 0 Å². The van der Waals surface area contributed by atoms with Crippen LogP contribution < -0.4 is 5.73 Å². The van der Waals surface area contributed by atoms with Crippen LogP contribution in [0.3, 0.4) is 0 Å². The van der Waals surface area contributed by atoms with Gasteiger partial charge in [0, 0.05) is 0 Å². The number of hydrogen-bond acceptors (Lipinski definition) is 1. The molecule has 0 aromatic carbocycles. The molecule has 52 valence electrons. The summed E-state index contributed by atoms with van der Waals surface area (Å²) in [7, 11) is 0. The van der Waals surface area contributed by atoms with Crippen LogP contribution in [0.5, 0.6) is 0 Å². The minimum absolute atomic E-state index is 0.906. The van der Waals surface area contributed by atoms with Gasteiger partial charge in [0.25, 0.3) is 0 Å². The van der Waals surface area contributed by atoms with E-state index in [4.69, 9.17) is 5.73 Å². The molecule has 1 nitrogen and oxygen atoms in total. The number of fused-ring (bicyclic) bond motifs is 2. The van der Waals surface area contributed by atoms with Gasteiger partial charge in [-0.2, -0.15) is 0 Å². The van der Waals surface area contributed by atoms with Crippen LogP contribution in [0.25, 0.3) is 0 Å². The van der Waals surface area contributed by atoms with Crippen molar-refractivity contribution in [2.45, 2.75) is 25.7 Å². The summed E-state index contributed by atoms with van der Waals surface area (Å²) in [5, 5.41) is 0. The molecule has 2 N–H and O–H groups in total. The van der Waals surface area contributed by atoms with Crippen molar-refractivity contribution in [3.05, 3.63) is 0 Å². The van der Waals surface area contributed by atoms with E-state index < -0.39 is 0 Å². The molecule has 0 heterocycles. The molecular formula is C8H15N. The van der Waals surface area contributed by atoms with E-state index >= 15 is 0 Å². The van der Waals surface area contributed by atoms with Gasteiger partial charge in [-0.15, -0.1) is 0 Å². The summed E-state index contributed by atoms with van der Waals surface area (Å²) in [6, 6.07) is 0. The van der Waals surface area contributed by atoms with Crippen molar-refractivity contribution in [3.63, 3.8) is 0 Å². The Morgan fingerprint density at radius 2 is 2.11 bits per heavy atom. The third-order valence-electron chi connectivity index (χ3n) is 3.19. The van der Waals surface area contributed by atoms with Gasteiger partial charge in [-0.25, -0.2) is 0 Å². The molecule has 2 aliphatic carbocycles. The Hall–Kier alpha value is -0.0400. The molecule has 2 bridgehead atoms. The molecular weight excluding hydrogens is 110 g/mol. The predicted molar refractivity (Wildman–Crippen MR) is 38.0 cm³/mol. The lowest BCUT2D eigenvalue weighted by molar-refractivity contribution is 0.341. The summed E-state index contributed by atoms with van der Waals surface area (Å²) in [5.74, 6) is 3.01. The highest BCUT2D eigenvalue weighted by Crippen LogP contribution is 2.47. The number of hydrogen-bond donors (Lipinski definition) is 1. The lowest BCUT2D eigenvalue weighted by Gasteiger charge is -2.18. The minimum Gasteiger partial charge on any atom is -0.330 e. The molecule has 2 saturated carbocycles. The zero-order valence-corrected chi connectivity index (χ0v) is 5.84. The summed E-state index contributed by atoms with van der Waals surface area (Å²) in [6.45, 7) is 0.946. The third-order valence-corrected chi connectivity index (χ3v) is 3.19. The molecule has 3 atom stereocenters. The lowest BCUT2D eigenvalue weighted by Crippen LogP contribution is -2.19. The van der Waals surface area contributed by atoms with Crippen molar-refractivity contribution in [1.82, 2.24) is 0 Å². The first kappa shape index (κ1) is 5.72. The van der Waals surface area contributed by atoms with Crippen LogP contribution in [0.2, 0.25) is 0 Å². The van der Waals surface area contributed by atoms with Gasteiger partial charge >= 0.3 is 0 Å². The largest absolute Gasteiger partial charge is 0.330 e. The van der Waals surface area contributed by atoms with Crippen LogP contribution in [0.15, 0.2) is 0 Å². The monoisotopic (exact) mass is 125 g/mol. The molecule has 0 aromatic heterocycles. The van der Waals surface area contributed by atoms with E-state index in [-0.39, 0.29) is 0 Å². The van der Waals surface area contributed by atoms with Crippen LogP contribution in [0.1, 0.15) is 25.7 Å². The molecule has 0 radical (unpaired) electrons. The first-order valence-electron chi connectivity index (χ1n) is 4.10. The molecule has 0 aliphatic heterocycles. The Labute approximate surface area is 56.6 Å². The summed E-state index contributed by atoms with van der Waals surface area (Å²) in [4.78, 5) is 0. The van der Waals surface area contributed by atoms with Gasteiger partial charge < -0.3 is 5.73 Å². The topological polar surface area (TPSA) is 26.0 Å². The standard InChI is InChI=1S/C8H15N/c9-5-8-4-6-1-2-7(8)3-6/h6-8H,1-5,9H2/t6?,7?,8-/m1/s1. The fourth-order valence-corrected chi connectivity index (χ4v) is 2.67. The van der Waals surface area contributed by atoms with Crippen molar-refractivity contribution in [2.24, 2.45) is 23.5 Å². The predicted octanol–water partition coefficient (Wildman–Crippen LogP) is 1.38. The highest BCUT2D eigenvalue weighted by Gasteiger charge is 2.38. The maximum atomic E-state index is 5.62. The summed E-state index contributed by atoms with van der Waals surface area (Å²) in [5.41, 5.74) is 5.62. The Bertz CT molecular complexity index is 111. The summed E-state index contributed by atoms with van der Waals surface area (Å²) >= 11 is 0. The van der Waals surface area contributed by atoms with E-state index in [1.165, 1.54) is 25.7 Å². The molecule has 9 heavy (non-hydrogen) atoms. The highest BCUT2D eigenvalue weighted by molar-refractivity contribution is 4.89. The lowest BCUT2D eigenvalue weighted by atomic mass is 9.89. The zero-order chi connectivity index (χ0) is 6.27. The molecule has 2 fully saturated rings. The van der Waals surface area contributed by atoms with Gasteiger partial charge in [0.15, 0.2) is 0 Å². The number of nitrogens with two attached hydrogens (primary N) is 1. The van der Waals surface area contributed by atoms with Crippen molar-refractivity contribution in [1.29, 1.82) is 0 Å². The average molecular weight is 125 g/mol. The molecule has 2 aliphatic rings. The van der Waals surface area contributed by atoms with Crippen LogP contribution in [-0.4, -0.2) is 6.54 Å². The van der Waals surface area contributed by atoms with E-state index in [0.717, 1.165) is 24.3 Å². The second-order valence-electron chi connectivity index (χ2n) is 3.67. The first-order valence-corrected chi connectivity index (χ1v) is 4.10. The maximum Gasteiger partial charge on any atom is -0.00461 e. The molecule has 0 saturated heterocycles.